The first kappa shape index (κ1) is 9.09. The van der Waals surface area contributed by atoms with Crippen molar-refractivity contribution in [3.8, 4) is 0 Å². The molecular weight excluding hydrogens is 192 g/mol. The summed E-state index contributed by atoms with van der Waals surface area (Å²) in [5.74, 6) is 0.837. The summed E-state index contributed by atoms with van der Waals surface area (Å²) in [7, 11) is 0. The van der Waals surface area contributed by atoms with Gasteiger partial charge in [0.05, 0.1) is 0 Å². The van der Waals surface area contributed by atoms with E-state index in [2.05, 4.69) is 17.1 Å². The number of hydrogen-bond acceptors (Lipinski definition) is 2. The molecule has 0 atom stereocenters. The summed E-state index contributed by atoms with van der Waals surface area (Å²) >= 11 is 4.87. The van der Waals surface area contributed by atoms with Crippen LogP contribution in [0.1, 0.15) is 11.4 Å². The highest BCUT2D eigenvalue weighted by atomic mass is 32.1. The molecule has 14 heavy (non-hydrogen) atoms. The minimum absolute atomic E-state index is 0.823. The Labute approximate surface area is 88.2 Å². The summed E-state index contributed by atoms with van der Waals surface area (Å²) in [6.45, 7) is 0.823. The second-order valence-corrected chi connectivity index (χ2v) is 3.25. The van der Waals surface area contributed by atoms with Crippen LogP contribution in [0.4, 0.5) is 0 Å². The van der Waals surface area contributed by atoms with Gasteiger partial charge in [-0.2, -0.15) is 0 Å². The van der Waals surface area contributed by atoms with Gasteiger partial charge in [0.25, 0.3) is 0 Å². The Morgan fingerprint density at radius 3 is 2.79 bits per heavy atom. The lowest BCUT2D eigenvalue weighted by Gasteiger charge is -2.03. The zero-order valence-electron chi connectivity index (χ0n) is 7.63. The lowest BCUT2D eigenvalue weighted by Crippen LogP contribution is -2.02. The van der Waals surface area contributed by atoms with Crippen molar-refractivity contribution in [2.75, 3.05) is 0 Å². The third-order valence-electron chi connectivity index (χ3n) is 2.05. The Bertz CT molecular complexity index is 420. The SMILES string of the molecule is S=Cc1nccn1Cc1ccccc1. The van der Waals surface area contributed by atoms with Crippen LogP contribution in [0.5, 0.6) is 0 Å². The number of benzene rings is 1. The molecule has 0 spiro atoms. The predicted molar refractivity (Wildman–Crippen MR) is 60.5 cm³/mol. The van der Waals surface area contributed by atoms with Gasteiger partial charge in [-0.3, -0.25) is 0 Å². The average molecular weight is 202 g/mol. The van der Waals surface area contributed by atoms with E-state index in [1.54, 1.807) is 11.6 Å². The molecule has 2 aromatic rings. The Morgan fingerprint density at radius 1 is 1.29 bits per heavy atom. The molecule has 0 aliphatic rings. The summed E-state index contributed by atoms with van der Waals surface area (Å²) in [5, 5.41) is 1.60. The van der Waals surface area contributed by atoms with Crippen molar-refractivity contribution >= 4 is 17.6 Å². The van der Waals surface area contributed by atoms with Crippen molar-refractivity contribution in [1.82, 2.24) is 9.55 Å². The van der Waals surface area contributed by atoms with E-state index < -0.39 is 0 Å². The summed E-state index contributed by atoms with van der Waals surface area (Å²) < 4.78 is 2.03. The topological polar surface area (TPSA) is 17.8 Å². The third-order valence-corrected chi connectivity index (χ3v) is 2.26. The Kier molecular flexibility index (Phi) is 2.70. The molecule has 0 saturated heterocycles. The predicted octanol–water partition coefficient (Wildman–Crippen LogP) is 2.28. The van der Waals surface area contributed by atoms with Crippen LogP contribution in [0, 0.1) is 0 Å². The zero-order chi connectivity index (χ0) is 9.80. The normalized spacial score (nSPS) is 10.0. The fraction of sp³-hybridized carbons (Fsp3) is 0.0909. The maximum absolute atomic E-state index is 4.87. The quantitative estimate of drug-likeness (QED) is 0.711. The van der Waals surface area contributed by atoms with E-state index in [0.717, 1.165) is 12.4 Å². The lowest BCUT2D eigenvalue weighted by molar-refractivity contribution is 0.792. The van der Waals surface area contributed by atoms with Gasteiger partial charge >= 0.3 is 0 Å². The molecule has 0 unspecified atom stereocenters. The molecule has 1 aromatic carbocycles. The molecule has 0 bridgehead atoms. The zero-order valence-corrected chi connectivity index (χ0v) is 8.45. The van der Waals surface area contributed by atoms with Gasteiger partial charge in [0.15, 0.2) is 0 Å². The third kappa shape index (κ3) is 1.88. The van der Waals surface area contributed by atoms with Crippen LogP contribution < -0.4 is 0 Å². The minimum atomic E-state index is 0.823. The maximum atomic E-state index is 4.87. The van der Waals surface area contributed by atoms with Gasteiger partial charge in [-0.05, 0) is 5.56 Å². The minimum Gasteiger partial charge on any atom is -0.326 e. The molecule has 2 rings (SSSR count). The maximum Gasteiger partial charge on any atom is 0.143 e. The van der Waals surface area contributed by atoms with Crippen molar-refractivity contribution < 1.29 is 0 Å². The Balaban J connectivity index is 2.23. The molecule has 3 heteroatoms. The second kappa shape index (κ2) is 4.15. The van der Waals surface area contributed by atoms with E-state index >= 15 is 0 Å². The van der Waals surface area contributed by atoms with Gasteiger partial charge in [-0.25, -0.2) is 4.98 Å². The standard InChI is InChI=1S/C11H10N2S/c14-9-11-12-6-7-13(11)8-10-4-2-1-3-5-10/h1-7,9H,8H2. The second-order valence-electron chi connectivity index (χ2n) is 3.02. The van der Waals surface area contributed by atoms with Gasteiger partial charge in [0, 0.05) is 24.3 Å². The van der Waals surface area contributed by atoms with E-state index in [0.29, 0.717) is 0 Å². The van der Waals surface area contributed by atoms with Gasteiger partial charge in [0.2, 0.25) is 0 Å². The Hall–Kier alpha value is -1.48. The summed E-state index contributed by atoms with van der Waals surface area (Å²) in [6, 6.07) is 10.3. The molecule has 0 aliphatic heterocycles. The van der Waals surface area contributed by atoms with Gasteiger partial charge < -0.3 is 4.57 Å². The molecule has 1 heterocycles. The first-order valence-electron chi connectivity index (χ1n) is 4.40. The Morgan fingerprint density at radius 2 is 2.07 bits per heavy atom. The number of imidazole rings is 1. The molecule has 0 saturated carbocycles. The van der Waals surface area contributed by atoms with Crippen LogP contribution in [0.2, 0.25) is 0 Å². The van der Waals surface area contributed by atoms with Crippen LogP contribution in [-0.4, -0.2) is 14.9 Å². The molecular formula is C11H10N2S. The highest BCUT2D eigenvalue weighted by molar-refractivity contribution is 7.79. The van der Waals surface area contributed by atoms with Crippen molar-refractivity contribution in [2.45, 2.75) is 6.54 Å². The number of aromatic nitrogens is 2. The van der Waals surface area contributed by atoms with E-state index in [1.807, 2.05) is 29.0 Å². The molecule has 70 valence electrons. The summed E-state index contributed by atoms with van der Waals surface area (Å²) in [4.78, 5) is 4.13. The average Bonchev–Trinajstić information content (AvgIpc) is 2.67. The molecule has 0 aliphatic carbocycles. The number of rotatable bonds is 3. The monoisotopic (exact) mass is 202 g/mol. The largest absolute Gasteiger partial charge is 0.326 e. The van der Waals surface area contributed by atoms with Crippen LogP contribution in [0.15, 0.2) is 42.7 Å². The molecule has 0 radical (unpaired) electrons. The van der Waals surface area contributed by atoms with Crippen LogP contribution in [-0.2, 0) is 6.54 Å². The molecule has 0 amide bonds. The van der Waals surface area contributed by atoms with E-state index in [4.69, 9.17) is 12.2 Å². The molecule has 2 nitrogen and oxygen atoms in total. The summed E-state index contributed by atoms with van der Waals surface area (Å²) in [5.41, 5.74) is 1.25. The van der Waals surface area contributed by atoms with Gasteiger partial charge in [-0.15, -0.1) is 0 Å². The first-order valence-corrected chi connectivity index (χ1v) is 4.87. The van der Waals surface area contributed by atoms with Crippen molar-refractivity contribution in [2.24, 2.45) is 0 Å². The van der Waals surface area contributed by atoms with E-state index in [-0.39, 0.29) is 0 Å². The number of thiocarbonyl (C=S) groups is 1. The van der Waals surface area contributed by atoms with Gasteiger partial charge in [0.1, 0.15) is 5.82 Å². The van der Waals surface area contributed by atoms with E-state index in [9.17, 15) is 0 Å². The van der Waals surface area contributed by atoms with E-state index in [1.165, 1.54) is 5.56 Å². The first-order chi connectivity index (χ1) is 6.90. The van der Waals surface area contributed by atoms with Crippen LogP contribution in [0.25, 0.3) is 0 Å². The number of hydrogen-bond donors (Lipinski definition) is 0. The van der Waals surface area contributed by atoms with Crippen molar-refractivity contribution in [3.63, 3.8) is 0 Å². The molecule has 1 aromatic heterocycles. The molecule has 0 fully saturated rings. The fourth-order valence-corrected chi connectivity index (χ4v) is 1.55. The van der Waals surface area contributed by atoms with Crippen molar-refractivity contribution in [1.29, 1.82) is 0 Å². The highest BCUT2D eigenvalue weighted by Gasteiger charge is 1.98. The van der Waals surface area contributed by atoms with Gasteiger partial charge in [-0.1, -0.05) is 42.5 Å². The number of nitrogens with zero attached hydrogens (tertiary/aromatic N) is 2. The van der Waals surface area contributed by atoms with Crippen molar-refractivity contribution in [3.05, 3.63) is 54.1 Å². The summed E-state index contributed by atoms with van der Waals surface area (Å²) in [6.07, 6.45) is 3.70. The van der Waals surface area contributed by atoms with Crippen LogP contribution in [0.3, 0.4) is 0 Å². The highest BCUT2D eigenvalue weighted by Crippen LogP contribution is 2.03. The smallest absolute Gasteiger partial charge is 0.143 e. The lowest BCUT2D eigenvalue weighted by atomic mass is 10.2. The molecule has 0 N–H and O–H groups in total. The fourth-order valence-electron chi connectivity index (χ4n) is 1.35. The van der Waals surface area contributed by atoms with Crippen LogP contribution >= 0.6 is 12.2 Å².